The van der Waals surface area contributed by atoms with Gasteiger partial charge in [-0.25, -0.2) is 0 Å². The van der Waals surface area contributed by atoms with Crippen LogP contribution >= 0.6 is 11.6 Å². The lowest BCUT2D eigenvalue weighted by Crippen LogP contribution is -2.67. The fraction of sp³-hybridized carbons (Fsp3) is 0.571. The van der Waals surface area contributed by atoms with Crippen molar-refractivity contribution in [3.05, 3.63) is 40.0 Å². The number of rotatable bonds is 7. The summed E-state index contributed by atoms with van der Waals surface area (Å²) in [7, 11) is 1.52. The van der Waals surface area contributed by atoms with Gasteiger partial charge >= 0.3 is 5.97 Å². The number of aliphatic hydroxyl groups is 5. The van der Waals surface area contributed by atoms with Crippen molar-refractivity contribution in [2.75, 3.05) is 13.7 Å². The van der Waals surface area contributed by atoms with Gasteiger partial charge in [0.15, 0.2) is 6.10 Å². The van der Waals surface area contributed by atoms with Gasteiger partial charge < -0.3 is 39.7 Å². The van der Waals surface area contributed by atoms with Crippen LogP contribution in [0.4, 0.5) is 0 Å². The van der Waals surface area contributed by atoms with Gasteiger partial charge in [-0.15, -0.1) is 5.10 Å². The molecule has 1 aromatic carbocycles. The van der Waals surface area contributed by atoms with Gasteiger partial charge in [-0.1, -0.05) is 17.7 Å². The summed E-state index contributed by atoms with van der Waals surface area (Å²) < 4.78 is 17.7. The van der Waals surface area contributed by atoms with Crippen LogP contribution in [0.3, 0.4) is 0 Å². The largest absolute Gasteiger partial charge is 0.495 e. The molecule has 5 atom stereocenters. The zero-order chi connectivity index (χ0) is 23.8. The first-order chi connectivity index (χ1) is 15.0. The summed E-state index contributed by atoms with van der Waals surface area (Å²) in [6, 6.07) is 5.24. The minimum Gasteiger partial charge on any atom is -0.495 e. The van der Waals surface area contributed by atoms with Crippen LogP contribution in [0.2, 0.25) is 5.02 Å². The SMILES string of the molecule is COc1ccc(Cc2c(OC3(O)O[C@H](CO)[C@@H](O)[C@@H](O)[C@H]3O)nn(C(C)C)c2C)cc1Cl. The molecular weight excluding hydrogens is 444 g/mol. The van der Waals surface area contributed by atoms with Crippen molar-refractivity contribution in [3.8, 4) is 11.6 Å². The molecule has 0 bridgehead atoms. The van der Waals surface area contributed by atoms with Gasteiger partial charge in [0, 0.05) is 23.7 Å². The van der Waals surface area contributed by atoms with Gasteiger partial charge in [-0.05, 0) is 38.5 Å². The minimum atomic E-state index is -2.75. The standard InChI is InChI=1S/C21H29ClN2O8/c1-10(2)24-11(3)13(7-12-5-6-15(30-4)14(22)8-12)20(23-24)32-21(29)19(28)18(27)17(26)16(9-25)31-21/h5-6,8,10,16-19,25-29H,7,9H2,1-4H3/t16-,17-,18-,19-,21?/m1/s1. The zero-order valence-corrected chi connectivity index (χ0v) is 19.0. The molecule has 0 amide bonds. The fourth-order valence-electron chi connectivity index (χ4n) is 3.69. The highest BCUT2D eigenvalue weighted by atomic mass is 35.5. The molecular formula is C21H29ClN2O8. The molecule has 1 aliphatic rings. The summed E-state index contributed by atoms with van der Waals surface area (Å²) in [6.45, 7) is 4.95. The number of hydrogen-bond donors (Lipinski definition) is 5. The summed E-state index contributed by atoms with van der Waals surface area (Å²) in [4.78, 5) is 0. The van der Waals surface area contributed by atoms with Crippen LogP contribution in [0.15, 0.2) is 18.2 Å². The molecule has 2 aromatic rings. The van der Waals surface area contributed by atoms with Crippen molar-refractivity contribution in [1.82, 2.24) is 9.78 Å². The number of aliphatic hydroxyl groups excluding tert-OH is 4. The molecule has 11 heteroatoms. The van der Waals surface area contributed by atoms with Crippen molar-refractivity contribution in [3.63, 3.8) is 0 Å². The smallest absolute Gasteiger partial charge is 0.356 e. The van der Waals surface area contributed by atoms with Crippen molar-refractivity contribution in [2.24, 2.45) is 0 Å². The number of halogens is 1. The summed E-state index contributed by atoms with van der Waals surface area (Å²) in [5.74, 6) is -2.26. The third-order valence-corrected chi connectivity index (χ3v) is 5.79. The third kappa shape index (κ3) is 4.58. The Bertz CT molecular complexity index is 950. The summed E-state index contributed by atoms with van der Waals surface area (Å²) in [6.07, 6.45) is -6.51. The Labute approximate surface area is 190 Å². The Kier molecular flexibility index (Phi) is 7.35. The molecule has 32 heavy (non-hydrogen) atoms. The van der Waals surface area contributed by atoms with Crippen LogP contribution in [-0.4, -0.2) is 79.4 Å². The van der Waals surface area contributed by atoms with E-state index in [2.05, 4.69) is 5.10 Å². The molecule has 1 unspecified atom stereocenters. The molecule has 1 aliphatic heterocycles. The maximum atomic E-state index is 10.9. The summed E-state index contributed by atoms with van der Waals surface area (Å²) in [5, 5.41) is 55.5. The van der Waals surface area contributed by atoms with E-state index in [0.717, 1.165) is 11.3 Å². The summed E-state index contributed by atoms with van der Waals surface area (Å²) >= 11 is 6.24. The van der Waals surface area contributed by atoms with E-state index in [1.807, 2.05) is 26.8 Å². The van der Waals surface area contributed by atoms with E-state index in [0.29, 0.717) is 22.8 Å². The van der Waals surface area contributed by atoms with Crippen molar-refractivity contribution >= 4 is 11.6 Å². The predicted octanol–water partition coefficient (Wildman–Crippen LogP) is 0.524. The Morgan fingerprint density at radius 2 is 1.94 bits per heavy atom. The van der Waals surface area contributed by atoms with E-state index < -0.39 is 37.0 Å². The van der Waals surface area contributed by atoms with Gasteiger partial charge in [0.25, 0.3) is 0 Å². The van der Waals surface area contributed by atoms with Crippen molar-refractivity contribution in [2.45, 2.75) is 63.6 Å². The maximum absolute atomic E-state index is 10.9. The fourth-order valence-corrected chi connectivity index (χ4v) is 3.97. The molecule has 0 radical (unpaired) electrons. The second-order valence-corrected chi connectivity index (χ2v) is 8.46. The first-order valence-electron chi connectivity index (χ1n) is 10.2. The quantitative estimate of drug-likeness (QED) is 0.364. The maximum Gasteiger partial charge on any atom is 0.356 e. The lowest BCUT2D eigenvalue weighted by atomic mass is 9.98. The number of hydrogen-bond acceptors (Lipinski definition) is 9. The van der Waals surface area contributed by atoms with E-state index in [1.54, 1.807) is 16.8 Å². The molecule has 0 saturated carbocycles. The zero-order valence-electron chi connectivity index (χ0n) is 18.3. The average Bonchev–Trinajstić information content (AvgIpc) is 3.05. The third-order valence-electron chi connectivity index (χ3n) is 5.49. The number of methoxy groups -OCH3 is 1. The molecule has 0 aliphatic carbocycles. The average molecular weight is 473 g/mol. The van der Waals surface area contributed by atoms with Gasteiger partial charge in [0.05, 0.1) is 18.7 Å². The van der Waals surface area contributed by atoms with E-state index in [4.69, 9.17) is 25.8 Å². The van der Waals surface area contributed by atoms with Crippen LogP contribution in [-0.2, 0) is 11.2 Å². The van der Waals surface area contributed by atoms with E-state index in [9.17, 15) is 25.5 Å². The number of ether oxygens (including phenoxy) is 3. The highest BCUT2D eigenvalue weighted by Crippen LogP contribution is 2.35. The topological polar surface area (TPSA) is 147 Å². The normalized spacial score (nSPS) is 28.2. The molecule has 10 nitrogen and oxygen atoms in total. The van der Waals surface area contributed by atoms with Crippen LogP contribution < -0.4 is 9.47 Å². The molecule has 178 valence electrons. The summed E-state index contributed by atoms with van der Waals surface area (Å²) in [5.41, 5.74) is 2.15. The van der Waals surface area contributed by atoms with Crippen LogP contribution in [0.5, 0.6) is 11.6 Å². The van der Waals surface area contributed by atoms with E-state index in [-0.39, 0.29) is 11.9 Å². The van der Waals surface area contributed by atoms with E-state index in [1.165, 1.54) is 7.11 Å². The number of benzene rings is 1. The molecule has 1 saturated heterocycles. The first-order valence-corrected chi connectivity index (χ1v) is 10.5. The lowest BCUT2D eigenvalue weighted by Gasteiger charge is -2.43. The second-order valence-electron chi connectivity index (χ2n) is 8.05. The molecule has 0 spiro atoms. The van der Waals surface area contributed by atoms with Crippen LogP contribution in [0.1, 0.15) is 36.7 Å². The van der Waals surface area contributed by atoms with Gasteiger partial charge in [-0.2, -0.15) is 0 Å². The molecule has 2 heterocycles. The first kappa shape index (κ1) is 24.7. The highest BCUT2D eigenvalue weighted by Gasteiger charge is 2.55. The van der Waals surface area contributed by atoms with Crippen molar-refractivity contribution < 1.29 is 39.7 Å². The Morgan fingerprint density at radius 1 is 1.25 bits per heavy atom. The highest BCUT2D eigenvalue weighted by molar-refractivity contribution is 6.32. The Hall–Kier alpha value is -1.92. The Balaban J connectivity index is 1.99. The Morgan fingerprint density at radius 3 is 2.50 bits per heavy atom. The molecule has 1 aromatic heterocycles. The predicted molar refractivity (Wildman–Crippen MR) is 114 cm³/mol. The van der Waals surface area contributed by atoms with Gasteiger partial charge in [-0.3, -0.25) is 4.68 Å². The molecule has 3 rings (SSSR count). The van der Waals surface area contributed by atoms with Crippen LogP contribution in [0, 0.1) is 6.92 Å². The van der Waals surface area contributed by atoms with Crippen LogP contribution in [0.25, 0.3) is 0 Å². The number of nitrogens with zero attached hydrogens (tertiary/aromatic N) is 2. The monoisotopic (exact) mass is 472 g/mol. The minimum absolute atomic E-state index is 0.0371. The van der Waals surface area contributed by atoms with Crippen molar-refractivity contribution in [1.29, 1.82) is 0 Å². The lowest BCUT2D eigenvalue weighted by molar-refractivity contribution is -0.423. The van der Waals surface area contributed by atoms with Gasteiger partial charge in [0.2, 0.25) is 5.88 Å². The number of aromatic nitrogens is 2. The molecule has 1 fully saturated rings. The second kappa shape index (κ2) is 9.52. The van der Waals surface area contributed by atoms with E-state index >= 15 is 0 Å². The molecule has 5 N–H and O–H groups in total. The van der Waals surface area contributed by atoms with Gasteiger partial charge in [0.1, 0.15) is 24.1 Å².